The van der Waals surface area contributed by atoms with Gasteiger partial charge in [-0.2, -0.15) is 0 Å². The van der Waals surface area contributed by atoms with Gasteiger partial charge in [0.05, 0.1) is 0 Å². The van der Waals surface area contributed by atoms with Gasteiger partial charge < -0.3 is 0 Å². The smallest absolute Gasteiger partial charge is 0.00123 e. The molecule has 0 aromatic rings. The molecular weight excluding hydrogens is 273 g/mol. The molecule has 1 nitrogen and oxygen atoms in total. The van der Waals surface area contributed by atoms with Crippen LogP contribution in [0.3, 0.4) is 0 Å². The minimum atomic E-state index is 0.906. The highest BCUT2D eigenvalue weighted by Gasteiger charge is 1.90. The lowest BCUT2D eigenvalue weighted by molar-refractivity contribution is 0.595. The van der Waals surface area contributed by atoms with Gasteiger partial charge in [-0.25, -0.2) is 0 Å². The molecule has 0 amide bonds. The molecule has 0 aliphatic rings. The van der Waals surface area contributed by atoms with Gasteiger partial charge in [-0.3, -0.25) is 5.09 Å². The Bertz CT molecular complexity index is 236. The van der Waals surface area contributed by atoms with Crippen LogP contribution < -0.4 is 5.09 Å². The van der Waals surface area contributed by atoms with Gasteiger partial charge in [0, 0.05) is 0 Å². The number of allylic oxidation sites excluding steroid dienone is 4. The Morgan fingerprint density at radius 1 is 0.714 bits per heavy atom. The fourth-order valence-electron chi connectivity index (χ4n) is 2.33. The second-order valence-corrected chi connectivity index (χ2v) is 6.61. The van der Waals surface area contributed by atoms with Crippen LogP contribution in [0.5, 0.6) is 0 Å². The van der Waals surface area contributed by atoms with Gasteiger partial charge in [0.1, 0.15) is 0 Å². The maximum Gasteiger partial charge on any atom is -0.00123 e. The van der Waals surface area contributed by atoms with E-state index in [1.165, 1.54) is 77.2 Å². The molecule has 0 saturated carbocycles. The molecule has 1 N–H and O–H groups in total. The number of rotatable bonds is 16. The van der Waals surface area contributed by atoms with E-state index in [0.717, 1.165) is 15.2 Å². The quantitative estimate of drug-likeness (QED) is 0.192. The van der Waals surface area contributed by atoms with Crippen LogP contribution in [0.15, 0.2) is 24.3 Å². The molecule has 0 bridgehead atoms. The summed E-state index contributed by atoms with van der Waals surface area (Å²) in [5.74, 6) is 0. The fourth-order valence-corrected chi connectivity index (χ4v) is 2.75. The van der Waals surface area contributed by atoms with Crippen molar-refractivity contribution in [3.63, 3.8) is 0 Å². The molecule has 0 rings (SSSR count). The van der Waals surface area contributed by atoms with Crippen molar-refractivity contribution in [2.45, 2.75) is 84.0 Å². The van der Waals surface area contributed by atoms with E-state index in [4.69, 9.17) is 0 Å². The summed E-state index contributed by atoms with van der Waals surface area (Å²) in [5, 5.41) is 3.41. The van der Waals surface area contributed by atoms with Gasteiger partial charge in [-0.1, -0.05) is 78.5 Å². The maximum absolute atomic E-state index is 3.41. The molecule has 0 aliphatic carbocycles. The first-order chi connectivity index (χ1) is 10.4. The topological polar surface area (TPSA) is 12.0 Å². The van der Waals surface area contributed by atoms with Gasteiger partial charge >= 0.3 is 0 Å². The molecule has 0 spiro atoms. The van der Waals surface area contributed by atoms with E-state index in [-0.39, 0.29) is 0 Å². The van der Waals surface area contributed by atoms with Crippen LogP contribution in [0.25, 0.3) is 0 Å². The number of nitrogens with one attached hydrogen (secondary N) is 1. The largest absolute Gasteiger partial charge is 0.298 e. The zero-order chi connectivity index (χ0) is 15.4. The molecule has 0 aromatic carbocycles. The summed E-state index contributed by atoms with van der Waals surface area (Å²) < 4.78 is 0. The minimum absolute atomic E-state index is 0.906. The minimum Gasteiger partial charge on any atom is -0.298 e. The average molecular weight is 311 g/mol. The summed E-state index contributed by atoms with van der Waals surface area (Å²) in [4.78, 5) is 0. The Hall–Kier alpha value is -0.130. The third kappa shape index (κ3) is 19.9. The maximum atomic E-state index is 3.41. The zero-order valence-corrected chi connectivity index (χ0v) is 15.5. The molecule has 0 aromatic heterocycles. The monoisotopic (exact) mass is 311 g/mol. The highest BCUT2D eigenvalue weighted by molar-refractivity contribution is 7.34. The third-order valence-electron chi connectivity index (χ3n) is 3.68. The first-order valence-corrected chi connectivity index (χ1v) is 10.6. The van der Waals surface area contributed by atoms with Crippen LogP contribution in [0.4, 0.5) is 0 Å². The molecule has 0 radical (unpaired) electrons. The molecule has 1 unspecified atom stereocenters. The zero-order valence-electron chi connectivity index (χ0n) is 14.5. The summed E-state index contributed by atoms with van der Waals surface area (Å²) in [6.45, 7) is 5.68. The highest BCUT2D eigenvalue weighted by Crippen LogP contribution is 2.08. The van der Waals surface area contributed by atoms with E-state index in [0.29, 0.717) is 0 Å². The van der Waals surface area contributed by atoms with Gasteiger partial charge in [-0.15, -0.1) is 0 Å². The van der Waals surface area contributed by atoms with E-state index >= 15 is 0 Å². The molecule has 0 aliphatic heterocycles. The normalized spacial score (nSPS) is 12.5. The van der Waals surface area contributed by atoms with E-state index in [2.05, 4.69) is 43.0 Å². The first kappa shape index (κ1) is 20.9. The lowest BCUT2D eigenvalue weighted by atomic mass is 10.1. The lowest BCUT2D eigenvalue weighted by Gasteiger charge is -2.01. The van der Waals surface area contributed by atoms with E-state index in [1.807, 2.05) is 0 Å². The highest BCUT2D eigenvalue weighted by atomic mass is 31.1. The van der Waals surface area contributed by atoms with Gasteiger partial charge in [0.25, 0.3) is 0 Å². The Morgan fingerprint density at radius 3 is 1.90 bits per heavy atom. The summed E-state index contributed by atoms with van der Waals surface area (Å²) in [6.07, 6.45) is 25.4. The number of hydrogen-bond acceptors (Lipinski definition) is 1. The molecular formula is C19H38NP. The van der Waals surface area contributed by atoms with Crippen LogP contribution in [0.1, 0.15) is 84.0 Å². The Balaban J connectivity index is 3.11. The second-order valence-electron chi connectivity index (χ2n) is 5.76. The van der Waals surface area contributed by atoms with Crippen molar-refractivity contribution in [2.75, 3.05) is 13.2 Å². The molecule has 21 heavy (non-hydrogen) atoms. The van der Waals surface area contributed by atoms with Crippen LogP contribution in [0, 0.1) is 0 Å². The van der Waals surface area contributed by atoms with Gasteiger partial charge in [0.2, 0.25) is 0 Å². The van der Waals surface area contributed by atoms with Crippen LogP contribution in [-0.2, 0) is 0 Å². The van der Waals surface area contributed by atoms with Gasteiger partial charge in [0.15, 0.2) is 0 Å². The summed E-state index contributed by atoms with van der Waals surface area (Å²) in [7, 11) is 0.906. The van der Waals surface area contributed by atoms with Crippen molar-refractivity contribution < 1.29 is 0 Å². The van der Waals surface area contributed by atoms with Crippen molar-refractivity contribution >= 4 is 8.73 Å². The van der Waals surface area contributed by atoms with Crippen LogP contribution in [-0.4, -0.2) is 13.2 Å². The SMILES string of the molecule is CCCCC/C=C\C/C=C\CCCCCCCCNPC. The van der Waals surface area contributed by atoms with Crippen molar-refractivity contribution in [3.8, 4) is 0 Å². The van der Waals surface area contributed by atoms with Crippen LogP contribution >= 0.6 is 8.73 Å². The Morgan fingerprint density at radius 2 is 1.29 bits per heavy atom. The Kier molecular flexibility index (Phi) is 19.7. The van der Waals surface area contributed by atoms with E-state index in [9.17, 15) is 0 Å². The lowest BCUT2D eigenvalue weighted by Crippen LogP contribution is -2.02. The van der Waals surface area contributed by atoms with Gasteiger partial charge in [-0.05, 0) is 51.7 Å². The fraction of sp³-hybridized carbons (Fsp3) is 0.789. The first-order valence-electron chi connectivity index (χ1n) is 9.11. The Labute approximate surface area is 135 Å². The summed E-state index contributed by atoms with van der Waals surface area (Å²) >= 11 is 0. The van der Waals surface area contributed by atoms with Crippen molar-refractivity contribution in [3.05, 3.63) is 24.3 Å². The second kappa shape index (κ2) is 19.9. The summed E-state index contributed by atoms with van der Waals surface area (Å²) in [6, 6.07) is 0. The molecule has 0 fully saturated rings. The summed E-state index contributed by atoms with van der Waals surface area (Å²) in [5.41, 5.74) is 0. The van der Waals surface area contributed by atoms with Crippen molar-refractivity contribution in [1.82, 2.24) is 5.09 Å². The molecule has 0 saturated heterocycles. The molecule has 2 heteroatoms. The van der Waals surface area contributed by atoms with Crippen molar-refractivity contribution in [2.24, 2.45) is 0 Å². The standard InChI is InChI=1S/C19H38NP/c1-3-4-5-6-7-8-9-10-11-12-13-14-15-16-17-18-19-20-21-2/h7-8,10-11,20-21H,3-6,9,12-19H2,1-2H3/b8-7-,11-10-. The van der Waals surface area contributed by atoms with Crippen LogP contribution in [0.2, 0.25) is 0 Å². The number of unbranched alkanes of at least 4 members (excludes halogenated alkanes) is 9. The van der Waals surface area contributed by atoms with E-state index < -0.39 is 0 Å². The van der Waals surface area contributed by atoms with E-state index in [1.54, 1.807) is 0 Å². The number of hydrogen-bond donors (Lipinski definition) is 1. The van der Waals surface area contributed by atoms with Crippen molar-refractivity contribution in [1.29, 1.82) is 0 Å². The molecule has 1 atom stereocenters. The predicted octanol–water partition coefficient (Wildman–Crippen LogP) is 6.61. The molecule has 0 heterocycles. The average Bonchev–Trinajstić information content (AvgIpc) is 2.50. The molecule has 124 valence electrons. The third-order valence-corrected chi connectivity index (χ3v) is 4.28. The predicted molar refractivity (Wildman–Crippen MR) is 102 cm³/mol.